The number of fused-ring (bicyclic) bond motifs is 2. The molecule has 2 aliphatic heterocycles. The fourth-order valence-electron chi connectivity index (χ4n) is 4.00. The molecule has 6 atom stereocenters. The highest BCUT2D eigenvalue weighted by Crippen LogP contribution is 2.55. The minimum absolute atomic E-state index is 0.103. The van der Waals surface area contributed by atoms with Gasteiger partial charge in [-0.1, -0.05) is 6.92 Å². The Morgan fingerprint density at radius 2 is 2.16 bits per heavy atom. The van der Waals surface area contributed by atoms with Gasteiger partial charge in [0, 0.05) is 25.7 Å². The van der Waals surface area contributed by atoms with E-state index in [0.29, 0.717) is 0 Å². The van der Waals surface area contributed by atoms with Gasteiger partial charge in [-0.15, -0.1) is 0 Å². The van der Waals surface area contributed by atoms with Crippen molar-refractivity contribution in [2.75, 3.05) is 13.2 Å². The number of aromatic nitrogens is 2. The average molecular weight is 455 g/mol. The minimum atomic E-state index is -1.60. The molecule has 0 aliphatic carbocycles. The Bertz CT molecular complexity index is 939. The van der Waals surface area contributed by atoms with E-state index in [1.54, 1.807) is 6.92 Å². The molecule has 1 unspecified atom stereocenters. The molecule has 0 radical (unpaired) electrons. The SMILES string of the molecule is [2H][C@H](C)[C@]12CO[C@H]([C@H](n3ccc(=O)[nH]c3=O)O1)[C@H]2OP(OCCC#N)N(C(C)C)C(C)C. The lowest BCUT2D eigenvalue weighted by Crippen LogP contribution is -2.42. The van der Waals surface area contributed by atoms with E-state index in [9.17, 15) is 9.59 Å². The first-order valence-corrected chi connectivity index (χ1v) is 11.5. The largest absolute Gasteiger partial charge is 0.368 e. The Balaban J connectivity index is 1.95. The van der Waals surface area contributed by atoms with Gasteiger partial charge in [0.1, 0.15) is 17.8 Å². The van der Waals surface area contributed by atoms with Crippen molar-refractivity contribution < 1.29 is 19.9 Å². The van der Waals surface area contributed by atoms with Crippen molar-refractivity contribution in [2.24, 2.45) is 0 Å². The summed E-state index contributed by atoms with van der Waals surface area (Å²) in [7, 11) is -1.60. The molecule has 2 saturated heterocycles. The van der Waals surface area contributed by atoms with Crippen LogP contribution in [0.5, 0.6) is 0 Å². The van der Waals surface area contributed by atoms with Crippen LogP contribution in [0.4, 0.5) is 0 Å². The van der Waals surface area contributed by atoms with Gasteiger partial charge >= 0.3 is 5.69 Å². The van der Waals surface area contributed by atoms with E-state index >= 15 is 0 Å². The van der Waals surface area contributed by atoms with Crippen LogP contribution in [0.25, 0.3) is 0 Å². The van der Waals surface area contributed by atoms with Crippen LogP contribution in [-0.2, 0) is 18.5 Å². The highest BCUT2D eigenvalue weighted by atomic mass is 31.2. The summed E-state index contributed by atoms with van der Waals surface area (Å²) in [6.45, 7) is 10.2. The third kappa shape index (κ3) is 4.77. The first-order valence-electron chi connectivity index (χ1n) is 11.0. The van der Waals surface area contributed by atoms with Crippen LogP contribution >= 0.6 is 8.53 Å². The number of nitrogens with zero attached hydrogens (tertiary/aromatic N) is 3. The van der Waals surface area contributed by atoms with Crippen molar-refractivity contribution in [3.8, 4) is 6.07 Å². The molecule has 0 spiro atoms. The fraction of sp³-hybridized carbons (Fsp3) is 0.750. The number of H-pyrrole nitrogens is 1. The number of aromatic amines is 1. The zero-order valence-electron chi connectivity index (χ0n) is 19.5. The summed E-state index contributed by atoms with van der Waals surface area (Å²) in [5, 5.41) is 8.93. The zero-order valence-corrected chi connectivity index (χ0v) is 19.4. The molecular weight excluding hydrogens is 423 g/mol. The summed E-state index contributed by atoms with van der Waals surface area (Å²) in [6.07, 6.45) is -1.33. The number of rotatable bonds is 10. The van der Waals surface area contributed by atoms with E-state index in [1.165, 1.54) is 16.8 Å². The van der Waals surface area contributed by atoms with Crippen LogP contribution in [0.1, 0.15) is 55.0 Å². The summed E-state index contributed by atoms with van der Waals surface area (Å²) >= 11 is 0. The van der Waals surface area contributed by atoms with E-state index in [4.69, 9.17) is 25.2 Å². The topological polar surface area (TPSA) is 119 Å². The monoisotopic (exact) mass is 455 g/mol. The van der Waals surface area contributed by atoms with Crippen molar-refractivity contribution >= 4 is 8.53 Å². The third-order valence-corrected chi connectivity index (χ3v) is 7.49. The maximum Gasteiger partial charge on any atom is 0.330 e. The van der Waals surface area contributed by atoms with Gasteiger partial charge in [0.15, 0.2) is 6.23 Å². The highest BCUT2D eigenvalue weighted by Gasteiger charge is 2.63. The van der Waals surface area contributed by atoms with Crippen LogP contribution in [-0.4, -0.2) is 57.3 Å². The molecule has 2 fully saturated rings. The number of hydrogen-bond donors (Lipinski definition) is 1. The van der Waals surface area contributed by atoms with Crippen molar-refractivity contribution in [2.45, 2.75) is 83.6 Å². The summed E-state index contributed by atoms with van der Waals surface area (Å²) < 4.78 is 36.6. The lowest BCUT2D eigenvalue weighted by Gasteiger charge is -2.38. The summed E-state index contributed by atoms with van der Waals surface area (Å²) in [6, 6.07) is 3.52. The van der Waals surface area contributed by atoms with Crippen molar-refractivity contribution in [1.82, 2.24) is 14.2 Å². The summed E-state index contributed by atoms with van der Waals surface area (Å²) in [4.78, 5) is 26.1. The molecule has 3 rings (SSSR count). The molecule has 3 heterocycles. The van der Waals surface area contributed by atoms with Crippen molar-refractivity contribution in [3.63, 3.8) is 0 Å². The van der Waals surface area contributed by atoms with Gasteiger partial charge in [-0.25, -0.2) is 9.46 Å². The Hall–Kier alpha value is -1.60. The molecule has 0 aromatic carbocycles. The molecule has 31 heavy (non-hydrogen) atoms. The summed E-state index contributed by atoms with van der Waals surface area (Å²) in [5.74, 6) is 0. The third-order valence-electron chi connectivity index (χ3n) is 5.38. The van der Waals surface area contributed by atoms with Crippen LogP contribution in [0.15, 0.2) is 21.9 Å². The second-order valence-corrected chi connectivity index (χ2v) is 9.52. The van der Waals surface area contributed by atoms with E-state index in [1.807, 2.05) is 27.7 Å². The molecule has 2 bridgehead atoms. The lowest BCUT2D eigenvalue weighted by atomic mass is 9.96. The smallest absolute Gasteiger partial charge is 0.330 e. The van der Waals surface area contributed by atoms with Crippen LogP contribution in [0.2, 0.25) is 0 Å². The van der Waals surface area contributed by atoms with Gasteiger partial charge in [0.2, 0.25) is 0 Å². The van der Waals surface area contributed by atoms with Gasteiger partial charge in [-0.2, -0.15) is 5.26 Å². The van der Waals surface area contributed by atoms with Gasteiger partial charge in [-0.05, 0) is 34.1 Å². The van der Waals surface area contributed by atoms with Gasteiger partial charge in [0.05, 0.1) is 25.7 Å². The average Bonchev–Trinajstić information content (AvgIpc) is 3.21. The Morgan fingerprint density at radius 1 is 1.45 bits per heavy atom. The minimum Gasteiger partial charge on any atom is -0.368 e. The molecule has 0 saturated carbocycles. The van der Waals surface area contributed by atoms with E-state index in [-0.39, 0.29) is 31.7 Å². The second kappa shape index (κ2) is 9.90. The quantitative estimate of drug-likeness (QED) is 0.422. The predicted molar refractivity (Wildman–Crippen MR) is 114 cm³/mol. The van der Waals surface area contributed by atoms with Crippen LogP contribution in [0, 0.1) is 11.3 Å². The van der Waals surface area contributed by atoms with Crippen molar-refractivity contribution in [3.05, 3.63) is 33.1 Å². The molecular formula is C20H31N4O6P. The molecule has 1 N–H and O–H groups in total. The summed E-state index contributed by atoms with van der Waals surface area (Å²) in [5.41, 5.74) is -2.24. The fourth-order valence-corrected chi connectivity index (χ4v) is 5.80. The zero-order chi connectivity index (χ0) is 23.6. The van der Waals surface area contributed by atoms with Crippen LogP contribution < -0.4 is 11.2 Å². The van der Waals surface area contributed by atoms with Gasteiger partial charge in [-0.3, -0.25) is 14.3 Å². The first kappa shape index (κ1) is 22.6. The Morgan fingerprint density at radius 3 is 2.74 bits per heavy atom. The van der Waals surface area contributed by atoms with Crippen molar-refractivity contribution in [1.29, 1.82) is 5.26 Å². The molecule has 11 heteroatoms. The normalized spacial score (nSPS) is 30.0. The Labute approximate surface area is 184 Å². The maximum absolute atomic E-state index is 12.4. The van der Waals surface area contributed by atoms with Gasteiger partial charge in [0.25, 0.3) is 14.1 Å². The molecule has 10 nitrogen and oxygen atoms in total. The second-order valence-electron chi connectivity index (χ2n) is 8.12. The molecule has 1 aromatic rings. The molecule has 172 valence electrons. The number of nitriles is 1. The Kier molecular flexibility index (Phi) is 7.22. The predicted octanol–water partition coefficient (Wildman–Crippen LogP) is 2.27. The van der Waals surface area contributed by atoms with E-state index in [0.717, 1.165) is 0 Å². The maximum atomic E-state index is 12.4. The number of hydrogen-bond acceptors (Lipinski definition) is 8. The van der Waals surface area contributed by atoms with E-state index < -0.39 is 50.2 Å². The van der Waals surface area contributed by atoms with Gasteiger partial charge < -0.3 is 18.5 Å². The molecule has 1 aromatic heterocycles. The molecule has 0 amide bonds. The number of ether oxygens (including phenoxy) is 2. The standard InChI is InChI=1S/C20H31N4O6P/c1-6-20-12-27-16(18(29-20)23-10-8-15(25)22-19(23)26)17(20)30-31(28-11-7-9-21)24(13(2)3)14(4)5/h8,10,13-14,16-18H,6-7,11-12H2,1-5H3,(H,22,25,26)/t16-,17+,18+,20+,31?/m0/s1/i6D/t6-,16+,17-,18-,20-,31?/m1. The molecule has 2 aliphatic rings. The van der Waals surface area contributed by atoms with E-state index in [2.05, 4.69) is 15.7 Å². The first-order chi connectivity index (χ1) is 15.1. The van der Waals surface area contributed by atoms with Crippen LogP contribution in [0.3, 0.4) is 0 Å². The lowest BCUT2D eigenvalue weighted by molar-refractivity contribution is -0.175. The highest BCUT2D eigenvalue weighted by molar-refractivity contribution is 7.44. The number of nitrogens with one attached hydrogen (secondary N) is 1.